The second-order valence-electron chi connectivity index (χ2n) is 3.12. The lowest BCUT2D eigenvalue weighted by Crippen LogP contribution is -2.25. The second kappa shape index (κ2) is 9.49. The van der Waals surface area contributed by atoms with E-state index < -0.39 is 17.9 Å². The Labute approximate surface area is 91.3 Å². The monoisotopic (exact) mass is 218 g/mol. The Morgan fingerprint density at radius 3 is 1.67 bits per heavy atom. The molecule has 0 aliphatic rings. The Balaban J connectivity index is 0. The van der Waals surface area contributed by atoms with E-state index in [1.165, 1.54) is 0 Å². The summed E-state index contributed by atoms with van der Waals surface area (Å²) < 4.78 is 0. The van der Waals surface area contributed by atoms with Crippen LogP contribution < -0.4 is 0 Å². The topological polar surface area (TPSA) is 74.6 Å². The van der Waals surface area contributed by atoms with Crippen LogP contribution in [0.5, 0.6) is 0 Å². The minimum Gasteiger partial charge on any atom is -0.481 e. The van der Waals surface area contributed by atoms with Crippen molar-refractivity contribution in [1.82, 2.24) is 0 Å². The van der Waals surface area contributed by atoms with Gasteiger partial charge < -0.3 is 10.2 Å². The van der Waals surface area contributed by atoms with Gasteiger partial charge in [0.15, 0.2) is 0 Å². The predicted molar refractivity (Wildman–Crippen MR) is 58.8 cm³/mol. The summed E-state index contributed by atoms with van der Waals surface area (Å²) in [5.74, 6) is -2.82. The van der Waals surface area contributed by atoms with Crippen molar-refractivity contribution in [2.45, 2.75) is 47.0 Å². The third-order valence-corrected chi connectivity index (χ3v) is 2.33. The smallest absolute Gasteiger partial charge is 0.307 e. The van der Waals surface area contributed by atoms with Gasteiger partial charge in [-0.05, 0) is 5.92 Å². The molecule has 1 atom stereocenters. The molecule has 0 amide bonds. The molecule has 0 aliphatic heterocycles. The number of carboxylic acid groups (broad SMARTS) is 2. The van der Waals surface area contributed by atoms with Gasteiger partial charge in [0.25, 0.3) is 0 Å². The molecule has 15 heavy (non-hydrogen) atoms. The summed E-state index contributed by atoms with van der Waals surface area (Å²) in [7, 11) is 0. The average molecular weight is 218 g/mol. The second-order valence-corrected chi connectivity index (χ2v) is 3.12. The number of hydrogen-bond acceptors (Lipinski definition) is 2. The van der Waals surface area contributed by atoms with Crippen molar-refractivity contribution in [3.8, 4) is 0 Å². The first kappa shape index (κ1) is 16.4. The van der Waals surface area contributed by atoms with Gasteiger partial charge in [-0.2, -0.15) is 0 Å². The van der Waals surface area contributed by atoms with Crippen LogP contribution in [0.25, 0.3) is 0 Å². The molecule has 0 heterocycles. The number of rotatable bonds is 6. The van der Waals surface area contributed by atoms with Crippen LogP contribution in [-0.2, 0) is 9.59 Å². The Kier molecular flexibility index (Phi) is 10.4. The van der Waals surface area contributed by atoms with Crippen LogP contribution in [0.3, 0.4) is 0 Å². The lowest BCUT2D eigenvalue weighted by Gasteiger charge is -2.19. The summed E-state index contributed by atoms with van der Waals surface area (Å²) in [6.45, 7) is 7.76. The third-order valence-electron chi connectivity index (χ3n) is 2.33. The summed E-state index contributed by atoms with van der Waals surface area (Å²) >= 11 is 0. The molecule has 90 valence electrons. The van der Waals surface area contributed by atoms with Crippen molar-refractivity contribution in [2.24, 2.45) is 11.8 Å². The number of carboxylic acids is 2. The normalized spacial score (nSPS) is 11.5. The zero-order valence-corrected chi connectivity index (χ0v) is 9.99. The van der Waals surface area contributed by atoms with Gasteiger partial charge in [0, 0.05) is 0 Å². The molecule has 0 fully saturated rings. The molecule has 0 aliphatic carbocycles. The fraction of sp³-hybridized carbons (Fsp3) is 0.818. The highest BCUT2D eigenvalue weighted by atomic mass is 16.4. The minimum absolute atomic E-state index is 0.0337. The van der Waals surface area contributed by atoms with Crippen LogP contribution in [0.4, 0.5) is 0 Å². The van der Waals surface area contributed by atoms with Crippen molar-refractivity contribution >= 4 is 11.9 Å². The zero-order valence-electron chi connectivity index (χ0n) is 9.99. The van der Waals surface area contributed by atoms with Crippen LogP contribution in [0.1, 0.15) is 47.0 Å². The van der Waals surface area contributed by atoms with E-state index in [9.17, 15) is 9.59 Å². The quantitative estimate of drug-likeness (QED) is 0.718. The highest BCUT2D eigenvalue weighted by Crippen LogP contribution is 2.22. The van der Waals surface area contributed by atoms with Crippen LogP contribution in [0.15, 0.2) is 0 Å². The van der Waals surface area contributed by atoms with Gasteiger partial charge in [-0.25, -0.2) is 0 Å². The Hall–Kier alpha value is -1.06. The SMILES string of the molecule is CC.CCC(CC)C(CC(=O)O)C(=O)O. The molecule has 0 radical (unpaired) electrons. The molecule has 0 bridgehead atoms. The summed E-state index contributed by atoms with van der Waals surface area (Å²) in [6, 6.07) is 0. The Morgan fingerprint density at radius 2 is 1.47 bits per heavy atom. The molecule has 0 rings (SSSR count). The number of hydrogen-bond donors (Lipinski definition) is 2. The first-order valence-electron chi connectivity index (χ1n) is 5.47. The summed E-state index contributed by atoms with van der Waals surface area (Å²) in [6.07, 6.45) is 1.14. The lowest BCUT2D eigenvalue weighted by molar-refractivity contribution is -0.150. The van der Waals surface area contributed by atoms with E-state index in [2.05, 4.69) is 0 Å². The Bertz CT molecular complexity index is 185. The van der Waals surface area contributed by atoms with Crippen LogP contribution in [0, 0.1) is 11.8 Å². The average Bonchev–Trinajstić information content (AvgIpc) is 2.20. The van der Waals surface area contributed by atoms with E-state index >= 15 is 0 Å². The highest BCUT2D eigenvalue weighted by molar-refractivity contribution is 5.77. The molecule has 2 N–H and O–H groups in total. The van der Waals surface area contributed by atoms with Gasteiger partial charge in [-0.1, -0.05) is 40.5 Å². The lowest BCUT2D eigenvalue weighted by atomic mass is 9.85. The maximum absolute atomic E-state index is 10.7. The zero-order chi connectivity index (χ0) is 12.4. The fourth-order valence-electron chi connectivity index (χ4n) is 1.50. The Morgan fingerprint density at radius 1 is 1.07 bits per heavy atom. The molecule has 4 nitrogen and oxygen atoms in total. The number of carbonyl (C=O) groups is 2. The molecule has 1 unspecified atom stereocenters. The van der Waals surface area contributed by atoms with Crippen LogP contribution in [-0.4, -0.2) is 22.2 Å². The largest absolute Gasteiger partial charge is 0.481 e. The molecule has 4 heteroatoms. The standard InChI is InChI=1S/C9H16O4.C2H6/c1-3-6(4-2)7(9(12)13)5-8(10)11;1-2/h6-7H,3-5H2,1-2H3,(H,10,11)(H,12,13);1-2H3. The first-order valence-corrected chi connectivity index (χ1v) is 5.47. The third kappa shape index (κ3) is 6.94. The summed E-state index contributed by atoms with van der Waals surface area (Å²) in [5, 5.41) is 17.3. The van der Waals surface area contributed by atoms with Crippen LogP contribution in [0.2, 0.25) is 0 Å². The van der Waals surface area contributed by atoms with Gasteiger partial charge in [0.05, 0.1) is 12.3 Å². The number of aliphatic carboxylic acids is 2. The molecule has 0 aromatic carbocycles. The van der Waals surface area contributed by atoms with Crippen molar-refractivity contribution in [3.05, 3.63) is 0 Å². The fourth-order valence-corrected chi connectivity index (χ4v) is 1.50. The molecule has 0 saturated heterocycles. The van der Waals surface area contributed by atoms with E-state index in [4.69, 9.17) is 10.2 Å². The van der Waals surface area contributed by atoms with E-state index in [0.29, 0.717) is 12.8 Å². The van der Waals surface area contributed by atoms with Gasteiger partial charge >= 0.3 is 11.9 Å². The van der Waals surface area contributed by atoms with Crippen molar-refractivity contribution in [2.75, 3.05) is 0 Å². The van der Waals surface area contributed by atoms with Crippen molar-refractivity contribution < 1.29 is 19.8 Å². The molecule has 0 saturated carbocycles. The molecule has 0 aromatic rings. The van der Waals surface area contributed by atoms with E-state index in [0.717, 1.165) is 0 Å². The van der Waals surface area contributed by atoms with E-state index in [-0.39, 0.29) is 12.3 Å². The minimum atomic E-state index is -1.04. The summed E-state index contributed by atoms with van der Waals surface area (Å²) in [5.41, 5.74) is 0. The maximum Gasteiger partial charge on any atom is 0.307 e. The van der Waals surface area contributed by atoms with Crippen LogP contribution >= 0.6 is 0 Å². The van der Waals surface area contributed by atoms with Crippen molar-refractivity contribution in [3.63, 3.8) is 0 Å². The summed E-state index contributed by atoms with van der Waals surface area (Å²) in [4.78, 5) is 21.1. The van der Waals surface area contributed by atoms with Gasteiger partial charge in [-0.3, -0.25) is 9.59 Å². The van der Waals surface area contributed by atoms with E-state index in [1.807, 2.05) is 27.7 Å². The molecule has 0 spiro atoms. The molecular formula is C11H22O4. The van der Waals surface area contributed by atoms with Crippen molar-refractivity contribution in [1.29, 1.82) is 0 Å². The van der Waals surface area contributed by atoms with E-state index in [1.54, 1.807) is 0 Å². The van der Waals surface area contributed by atoms with Gasteiger partial charge in [0.1, 0.15) is 0 Å². The van der Waals surface area contributed by atoms with Gasteiger partial charge in [0.2, 0.25) is 0 Å². The predicted octanol–water partition coefficient (Wildman–Crippen LogP) is 2.62. The first-order chi connectivity index (χ1) is 7.02. The highest BCUT2D eigenvalue weighted by Gasteiger charge is 2.27. The van der Waals surface area contributed by atoms with Gasteiger partial charge in [-0.15, -0.1) is 0 Å². The molecule has 0 aromatic heterocycles. The molecular weight excluding hydrogens is 196 g/mol. The maximum atomic E-state index is 10.7.